The molecule has 2 aliphatic rings. The van der Waals surface area contributed by atoms with Gasteiger partial charge in [-0.25, -0.2) is 9.18 Å². The van der Waals surface area contributed by atoms with Crippen molar-refractivity contribution in [1.29, 1.82) is 0 Å². The largest absolute Gasteiger partial charge is 0.391 e. The van der Waals surface area contributed by atoms with Crippen molar-refractivity contribution in [3.63, 3.8) is 0 Å². The van der Waals surface area contributed by atoms with Crippen LogP contribution in [0, 0.1) is 11.7 Å². The molecule has 0 bridgehead atoms. The average Bonchev–Trinajstić information content (AvgIpc) is 2.84. The summed E-state index contributed by atoms with van der Waals surface area (Å²) in [5, 5.41) is 12.9. The summed E-state index contributed by atoms with van der Waals surface area (Å²) in [6.07, 6.45) is 1.96. The molecule has 1 aromatic rings. The molecule has 0 aromatic heterocycles. The van der Waals surface area contributed by atoms with Gasteiger partial charge < -0.3 is 15.3 Å². The Bertz CT molecular complexity index is 549. The number of piperidine rings is 1. The van der Waals surface area contributed by atoms with Crippen LogP contribution < -0.4 is 5.32 Å². The van der Waals surface area contributed by atoms with E-state index < -0.39 is 6.10 Å². The fraction of sp³-hybridized carbons (Fsp3) is 0.562. The minimum atomic E-state index is -0.450. The van der Waals surface area contributed by atoms with Crippen LogP contribution >= 0.6 is 0 Å². The summed E-state index contributed by atoms with van der Waals surface area (Å²) in [7, 11) is 0. The monoisotopic (exact) mass is 292 g/mol. The normalized spacial score (nSPS) is 28.3. The number of aryl methyl sites for hydroxylation is 1. The van der Waals surface area contributed by atoms with E-state index in [1.807, 2.05) is 6.92 Å². The number of nitrogens with one attached hydrogen (secondary N) is 1. The summed E-state index contributed by atoms with van der Waals surface area (Å²) < 4.78 is 13.2. The summed E-state index contributed by atoms with van der Waals surface area (Å²) in [6, 6.07) is 4.56. The Morgan fingerprint density at radius 3 is 3.00 bits per heavy atom. The zero-order valence-electron chi connectivity index (χ0n) is 12.2. The first-order chi connectivity index (χ1) is 10.0. The summed E-state index contributed by atoms with van der Waals surface area (Å²) in [5.41, 5.74) is 1.99. The third-order valence-electron chi connectivity index (χ3n) is 4.69. The molecule has 2 amide bonds. The van der Waals surface area contributed by atoms with Gasteiger partial charge in [0.25, 0.3) is 0 Å². The fourth-order valence-electron chi connectivity index (χ4n) is 3.21. The van der Waals surface area contributed by atoms with Crippen LogP contribution in [0.3, 0.4) is 0 Å². The molecule has 3 rings (SSSR count). The van der Waals surface area contributed by atoms with Gasteiger partial charge in [0.15, 0.2) is 0 Å². The molecule has 1 aliphatic heterocycles. The Morgan fingerprint density at radius 2 is 2.24 bits per heavy atom. The molecule has 0 spiro atoms. The molecule has 1 aromatic carbocycles. The first-order valence-corrected chi connectivity index (χ1v) is 7.56. The Kier molecular flexibility index (Phi) is 3.85. The van der Waals surface area contributed by atoms with Crippen molar-refractivity contribution in [1.82, 2.24) is 10.2 Å². The molecule has 5 heteroatoms. The van der Waals surface area contributed by atoms with Crippen LogP contribution in [-0.4, -0.2) is 35.2 Å². The number of benzene rings is 1. The highest BCUT2D eigenvalue weighted by Gasteiger charge is 2.30. The van der Waals surface area contributed by atoms with E-state index in [0.717, 1.165) is 30.4 Å². The number of hydrogen-bond donors (Lipinski definition) is 2. The third-order valence-corrected chi connectivity index (χ3v) is 4.69. The Morgan fingerprint density at radius 1 is 1.43 bits per heavy atom. The SMILES string of the molecule is CC1CCN(C(=O)NC2CCc3cc(F)ccc32)CC1O. The molecule has 1 heterocycles. The Labute approximate surface area is 124 Å². The highest BCUT2D eigenvalue weighted by Crippen LogP contribution is 2.31. The molecular weight excluding hydrogens is 271 g/mol. The first-order valence-electron chi connectivity index (χ1n) is 7.56. The standard InChI is InChI=1S/C16H21FN2O2/c1-10-6-7-19(9-15(10)20)16(21)18-14-5-2-11-8-12(17)3-4-13(11)14/h3-4,8,10,14-15,20H,2,5-7,9H2,1H3,(H,18,21). The van der Waals surface area contributed by atoms with Gasteiger partial charge in [0.1, 0.15) is 5.82 Å². The summed E-state index contributed by atoms with van der Waals surface area (Å²) in [5.74, 6) is 0.0121. The molecule has 1 fully saturated rings. The minimum Gasteiger partial charge on any atom is -0.391 e. The summed E-state index contributed by atoms with van der Waals surface area (Å²) in [6.45, 7) is 3.06. The zero-order valence-corrected chi connectivity index (χ0v) is 12.2. The van der Waals surface area contributed by atoms with E-state index in [4.69, 9.17) is 0 Å². The summed E-state index contributed by atoms with van der Waals surface area (Å²) >= 11 is 0. The number of rotatable bonds is 1. The van der Waals surface area contributed by atoms with E-state index in [-0.39, 0.29) is 23.8 Å². The zero-order chi connectivity index (χ0) is 15.0. The van der Waals surface area contributed by atoms with Crippen molar-refractivity contribution in [2.45, 2.75) is 38.3 Å². The molecule has 3 atom stereocenters. The van der Waals surface area contributed by atoms with Gasteiger partial charge in [-0.15, -0.1) is 0 Å². The molecule has 0 radical (unpaired) electrons. The number of urea groups is 1. The second-order valence-electron chi connectivity index (χ2n) is 6.16. The second kappa shape index (κ2) is 5.64. The van der Waals surface area contributed by atoms with Crippen molar-refractivity contribution in [3.8, 4) is 0 Å². The van der Waals surface area contributed by atoms with Gasteiger partial charge >= 0.3 is 6.03 Å². The quantitative estimate of drug-likeness (QED) is 0.834. The van der Waals surface area contributed by atoms with Crippen molar-refractivity contribution in [2.75, 3.05) is 13.1 Å². The number of hydrogen-bond acceptors (Lipinski definition) is 2. The number of likely N-dealkylation sites (tertiary alicyclic amines) is 1. The van der Waals surface area contributed by atoms with Crippen LogP contribution in [0.15, 0.2) is 18.2 Å². The van der Waals surface area contributed by atoms with E-state index in [0.29, 0.717) is 13.1 Å². The number of aliphatic hydroxyl groups is 1. The lowest BCUT2D eigenvalue weighted by atomic mass is 9.96. The van der Waals surface area contributed by atoms with Crippen molar-refractivity contribution >= 4 is 6.03 Å². The first kappa shape index (κ1) is 14.3. The smallest absolute Gasteiger partial charge is 0.317 e. The van der Waals surface area contributed by atoms with E-state index >= 15 is 0 Å². The molecule has 3 unspecified atom stereocenters. The van der Waals surface area contributed by atoms with Gasteiger partial charge in [-0.1, -0.05) is 13.0 Å². The molecule has 2 N–H and O–H groups in total. The average molecular weight is 292 g/mol. The number of fused-ring (bicyclic) bond motifs is 1. The lowest BCUT2D eigenvalue weighted by Gasteiger charge is -2.35. The number of aliphatic hydroxyl groups excluding tert-OH is 1. The van der Waals surface area contributed by atoms with Crippen molar-refractivity contribution < 1.29 is 14.3 Å². The third kappa shape index (κ3) is 2.88. The van der Waals surface area contributed by atoms with Crippen LogP contribution in [0.4, 0.5) is 9.18 Å². The van der Waals surface area contributed by atoms with E-state index in [1.165, 1.54) is 6.07 Å². The fourth-order valence-corrected chi connectivity index (χ4v) is 3.21. The van der Waals surface area contributed by atoms with Gasteiger partial charge in [-0.2, -0.15) is 0 Å². The van der Waals surface area contributed by atoms with E-state index in [2.05, 4.69) is 5.32 Å². The number of carbonyl (C=O) groups excluding carboxylic acids is 1. The molecule has 21 heavy (non-hydrogen) atoms. The van der Waals surface area contributed by atoms with Crippen molar-refractivity contribution in [3.05, 3.63) is 35.1 Å². The topological polar surface area (TPSA) is 52.6 Å². The highest BCUT2D eigenvalue weighted by molar-refractivity contribution is 5.75. The highest BCUT2D eigenvalue weighted by atomic mass is 19.1. The lowest BCUT2D eigenvalue weighted by molar-refractivity contribution is 0.0430. The van der Waals surface area contributed by atoms with Gasteiger partial charge in [0, 0.05) is 13.1 Å². The number of β-amino-alcohol motifs (C(OH)–C–C–N with tert-alkyl or cyclic N) is 1. The second-order valence-corrected chi connectivity index (χ2v) is 6.16. The maximum absolute atomic E-state index is 13.2. The van der Waals surface area contributed by atoms with Gasteiger partial charge in [-0.3, -0.25) is 0 Å². The van der Waals surface area contributed by atoms with Gasteiger partial charge in [-0.05, 0) is 48.4 Å². The van der Waals surface area contributed by atoms with Gasteiger partial charge in [0.05, 0.1) is 12.1 Å². The van der Waals surface area contributed by atoms with E-state index in [9.17, 15) is 14.3 Å². The Hall–Kier alpha value is -1.62. The summed E-state index contributed by atoms with van der Waals surface area (Å²) in [4.78, 5) is 14.0. The predicted octanol–water partition coefficient (Wildman–Crippen LogP) is 2.23. The van der Waals surface area contributed by atoms with Gasteiger partial charge in [0.2, 0.25) is 0 Å². The Balaban J connectivity index is 1.64. The number of halogens is 1. The minimum absolute atomic E-state index is 0.0513. The number of carbonyl (C=O) groups is 1. The number of amides is 2. The van der Waals surface area contributed by atoms with Crippen LogP contribution in [0.25, 0.3) is 0 Å². The molecular formula is C16H21FN2O2. The van der Waals surface area contributed by atoms with Crippen molar-refractivity contribution in [2.24, 2.45) is 5.92 Å². The predicted molar refractivity (Wildman–Crippen MR) is 77.4 cm³/mol. The molecule has 4 nitrogen and oxygen atoms in total. The van der Waals surface area contributed by atoms with Crippen LogP contribution in [0.5, 0.6) is 0 Å². The molecule has 1 aliphatic carbocycles. The molecule has 1 saturated heterocycles. The lowest BCUT2D eigenvalue weighted by Crippen LogP contribution is -2.50. The molecule has 0 saturated carbocycles. The van der Waals surface area contributed by atoms with Crippen LogP contribution in [0.1, 0.15) is 36.9 Å². The number of nitrogens with zero attached hydrogens (tertiary/aromatic N) is 1. The maximum Gasteiger partial charge on any atom is 0.317 e. The van der Waals surface area contributed by atoms with Crippen LogP contribution in [-0.2, 0) is 6.42 Å². The van der Waals surface area contributed by atoms with Crippen LogP contribution in [0.2, 0.25) is 0 Å². The molecule has 114 valence electrons. The maximum atomic E-state index is 13.2. The van der Waals surface area contributed by atoms with E-state index in [1.54, 1.807) is 17.0 Å².